The van der Waals surface area contributed by atoms with Gasteiger partial charge >= 0.3 is 6.18 Å². The van der Waals surface area contributed by atoms with E-state index in [2.05, 4.69) is 15.5 Å². The molecule has 0 saturated carbocycles. The number of nitrogens with one attached hydrogen (secondary N) is 2. The molecule has 248 valence electrons. The van der Waals surface area contributed by atoms with E-state index in [-0.39, 0.29) is 12.1 Å². The van der Waals surface area contributed by atoms with Crippen LogP contribution in [0.25, 0.3) is 5.69 Å². The Kier molecular flexibility index (Phi) is 10.4. The van der Waals surface area contributed by atoms with Gasteiger partial charge in [-0.25, -0.2) is 9.07 Å². The molecule has 1 aliphatic heterocycles. The van der Waals surface area contributed by atoms with E-state index in [0.717, 1.165) is 43.3 Å². The van der Waals surface area contributed by atoms with E-state index >= 15 is 0 Å². The van der Waals surface area contributed by atoms with Crippen molar-refractivity contribution >= 4 is 17.6 Å². The first-order valence-electron chi connectivity index (χ1n) is 15.6. The van der Waals surface area contributed by atoms with Crippen molar-refractivity contribution in [3.63, 3.8) is 0 Å². The maximum Gasteiger partial charge on any atom is 0.416 e. The summed E-state index contributed by atoms with van der Waals surface area (Å²) in [6.07, 6.45) is -2.73. The molecule has 2 heterocycles. The maximum absolute atomic E-state index is 14.3. The molecule has 0 radical (unpaired) electrons. The summed E-state index contributed by atoms with van der Waals surface area (Å²) in [7, 11) is 4.04. The first-order valence-corrected chi connectivity index (χ1v) is 15.6. The van der Waals surface area contributed by atoms with E-state index < -0.39 is 41.3 Å². The molecule has 5 rings (SSSR count). The van der Waals surface area contributed by atoms with Crippen molar-refractivity contribution in [3.05, 3.63) is 113 Å². The zero-order valence-corrected chi connectivity index (χ0v) is 26.5. The minimum atomic E-state index is -4.65. The van der Waals surface area contributed by atoms with E-state index in [9.17, 15) is 27.2 Å². The van der Waals surface area contributed by atoms with Crippen LogP contribution in [0.5, 0.6) is 0 Å². The molecule has 0 saturated heterocycles. The molecular weight excluding hydrogens is 612 g/mol. The van der Waals surface area contributed by atoms with Gasteiger partial charge in [0.2, 0.25) is 0 Å². The van der Waals surface area contributed by atoms with E-state index in [1.165, 1.54) is 23.1 Å². The Hall–Kier alpha value is -4.55. The van der Waals surface area contributed by atoms with E-state index in [0.29, 0.717) is 35.7 Å². The largest absolute Gasteiger partial charge is 0.416 e. The summed E-state index contributed by atoms with van der Waals surface area (Å²) in [6.45, 7) is 4.05. The highest BCUT2D eigenvalue weighted by Crippen LogP contribution is 2.43. The van der Waals surface area contributed by atoms with Crippen LogP contribution in [-0.4, -0.2) is 66.3 Å². The average molecular weight is 651 g/mol. The predicted molar refractivity (Wildman–Crippen MR) is 172 cm³/mol. The Bertz CT molecular complexity index is 1690. The lowest BCUT2D eigenvalue weighted by molar-refractivity contribution is -0.137. The van der Waals surface area contributed by atoms with Gasteiger partial charge in [0.05, 0.1) is 16.9 Å². The summed E-state index contributed by atoms with van der Waals surface area (Å²) in [6, 6.07) is 17.9. The summed E-state index contributed by atoms with van der Waals surface area (Å²) in [5.41, 5.74) is 1.35. The third-order valence-corrected chi connectivity index (χ3v) is 8.19. The lowest BCUT2D eigenvalue weighted by Gasteiger charge is -2.38. The number of para-hydroxylation sites is 1. The van der Waals surface area contributed by atoms with Crippen LogP contribution in [0.1, 0.15) is 58.4 Å². The van der Waals surface area contributed by atoms with Crippen molar-refractivity contribution in [2.24, 2.45) is 0 Å². The number of likely N-dealkylation sites (N-methyl/N-ethyl adjacent to an activating group) is 1. The number of hydrogen-bond donors (Lipinski definition) is 2. The Balaban J connectivity index is 1.61. The number of aromatic nitrogens is 2. The van der Waals surface area contributed by atoms with Gasteiger partial charge in [0.15, 0.2) is 0 Å². The number of nitrogens with zero attached hydrogens (tertiary/aromatic N) is 4. The van der Waals surface area contributed by atoms with Gasteiger partial charge in [-0.05, 0) is 95.0 Å². The lowest BCUT2D eigenvalue weighted by atomic mass is 9.80. The van der Waals surface area contributed by atoms with Gasteiger partial charge in [-0.2, -0.15) is 18.3 Å². The van der Waals surface area contributed by atoms with Gasteiger partial charge in [0, 0.05) is 30.1 Å². The summed E-state index contributed by atoms with van der Waals surface area (Å²) in [5.74, 6) is -2.08. The van der Waals surface area contributed by atoms with Gasteiger partial charge in [-0.15, -0.1) is 0 Å². The zero-order valence-electron chi connectivity index (χ0n) is 26.5. The smallest absolute Gasteiger partial charge is 0.339 e. The van der Waals surface area contributed by atoms with Crippen LogP contribution in [0.4, 0.5) is 23.4 Å². The Labute approximate surface area is 271 Å². The number of carbonyl (C=O) groups excluding carboxylic acids is 2. The first kappa shape index (κ1) is 33.8. The number of carbonyl (C=O) groups is 2. The summed E-state index contributed by atoms with van der Waals surface area (Å²) < 4.78 is 56.3. The summed E-state index contributed by atoms with van der Waals surface area (Å²) in [5, 5.41) is 11.2. The van der Waals surface area contributed by atoms with Crippen molar-refractivity contribution < 1.29 is 27.2 Å². The molecule has 2 atom stereocenters. The third kappa shape index (κ3) is 7.55. The molecule has 0 bridgehead atoms. The minimum absolute atomic E-state index is 0.230. The molecule has 12 heteroatoms. The van der Waals surface area contributed by atoms with Crippen molar-refractivity contribution in [1.82, 2.24) is 25.3 Å². The molecule has 1 aromatic heterocycles. The molecule has 47 heavy (non-hydrogen) atoms. The van der Waals surface area contributed by atoms with Gasteiger partial charge < -0.3 is 15.5 Å². The summed E-state index contributed by atoms with van der Waals surface area (Å²) in [4.78, 5) is 31.6. The molecule has 3 aromatic carbocycles. The topological polar surface area (TPSA) is 82.5 Å². The number of hydrogen-bond acceptors (Lipinski definition) is 5. The highest BCUT2D eigenvalue weighted by Gasteiger charge is 2.46. The molecule has 2 amide bonds. The highest BCUT2D eigenvalue weighted by molar-refractivity contribution is 6.05. The Morgan fingerprint density at radius 2 is 1.70 bits per heavy atom. The molecule has 0 aliphatic carbocycles. The third-order valence-electron chi connectivity index (χ3n) is 8.19. The molecule has 0 spiro atoms. The van der Waals surface area contributed by atoms with Crippen molar-refractivity contribution in [2.75, 3.05) is 38.6 Å². The molecule has 4 aromatic rings. The van der Waals surface area contributed by atoms with Crippen LogP contribution < -0.4 is 15.5 Å². The highest BCUT2D eigenvalue weighted by atomic mass is 19.4. The van der Waals surface area contributed by atoms with Crippen molar-refractivity contribution in [3.8, 4) is 5.69 Å². The van der Waals surface area contributed by atoms with Gasteiger partial charge in [0.1, 0.15) is 17.7 Å². The van der Waals surface area contributed by atoms with Crippen molar-refractivity contribution in [2.45, 2.75) is 44.4 Å². The second kappa shape index (κ2) is 14.5. The number of halogens is 4. The number of anilines is 1. The first-order chi connectivity index (χ1) is 22.5. The number of unbranched alkanes of at least 4 members (excludes halogenated alkanes) is 1. The van der Waals surface area contributed by atoms with Gasteiger partial charge in [0.25, 0.3) is 11.8 Å². The SMILES string of the molecule is CCN1C(=O)[C@@H](NC(=O)c2cccc(C(F)(F)F)c2)[C@@H](c2ccc(F)cc2)c2c(CNCCCCN(C)C)nn(-c3ccccc3)c21. The quantitative estimate of drug-likeness (QED) is 0.151. The Morgan fingerprint density at radius 1 is 0.979 bits per heavy atom. The lowest BCUT2D eigenvalue weighted by Crippen LogP contribution is -2.55. The van der Waals surface area contributed by atoms with Crippen LogP contribution in [0.2, 0.25) is 0 Å². The van der Waals surface area contributed by atoms with Crippen LogP contribution in [0.15, 0.2) is 78.9 Å². The number of benzene rings is 3. The second-order valence-corrected chi connectivity index (χ2v) is 11.8. The monoisotopic (exact) mass is 650 g/mol. The molecule has 8 nitrogen and oxygen atoms in total. The predicted octanol–water partition coefficient (Wildman–Crippen LogP) is 5.76. The number of amides is 2. The van der Waals surface area contributed by atoms with E-state index in [1.807, 2.05) is 44.4 Å². The average Bonchev–Trinajstić information content (AvgIpc) is 3.42. The summed E-state index contributed by atoms with van der Waals surface area (Å²) >= 11 is 0. The van der Waals surface area contributed by atoms with Crippen LogP contribution in [-0.2, 0) is 17.5 Å². The molecular formula is C35H38F4N6O2. The zero-order chi connectivity index (χ0) is 33.7. The molecule has 1 aliphatic rings. The fraction of sp³-hybridized carbons (Fsp3) is 0.343. The molecule has 2 N–H and O–H groups in total. The van der Waals surface area contributed by atoms with Crippen LogP contribution >= 0.6 is 0 Å². The fourth-order valence-electron chi connectivity index (χ4n) is 5.93. The maximum atomic E-state index is 14.3. The van der Waals surface area contributed by atoms with Gasteiger partial charge in [-0.1, -0.05) is 36.4 Å². The molecule has 0 unspecified atom stereocenters. The van der Waals surface area contributed by atoms with Crippen LogP contribution in [0.3, 0.4) is 0 Å². The second-order valence-electron chi connectivity index (χ2n) is 11.8. The molecule has 0 fully saturated rings. The van der Waals surface area contributed by atoms with Gasteiger partial charge in [-0.3, -0.25) is 14.5 Å². The Morgan fingerprint density at radius 3 is 2.36 bits per heavy atom. The fourth-order valence-corrected chi connectivity index (χ4v) is 5.93. The van der Waals surface area contributed by atoms with Crippen molar-refractivity contribution in [1.29, 1.82) is 0 Å². The van der Waals surface area contributed by atoms with Crippen LogP contribution in [0, 0.1) is 5.82 Å². The number of rotatable bonds is 12. The minimum Gasteiger partial charge on any atom is -0.339 e. The number of fused-ring (bicyclic) bond motifs is 1. The normalized spacial score (nSPS) is 16.4. The number of alkyl halides is 3. The van der Waals surface area contributed by atoms with E-state index in [1.54, 1.807) is 23.7 Å². The standard InChI is InChI=1S/C35H38F4N6O2/c1-4-44-33-30(28(22-40-19-8-9-20-43(2)3)42-45(33)27-13-6-5-7-14-27)29(23-15-17-26(36)18-16-23)31(34(44)47)41-32(46)24-11-10-12-25(21-24)35(37,38)39/h5-7,10-18,21,29,31,40H,4,8-9,19-20,22H2,1-3H3,(H,41,46)/t29-,31-/m0/s1. The van der Waals surface area contributed by atoms with E-state index in [4.69, 9.17) is 5.10 Å².